The quantitative estimate of drug-likeness (QED) is 0.523. The highest BCUT2D eigenvalue weighted by atomic mass is 16.5. The summed E-state index contributed by atoms with van der Waals surface area (Å²) in [4.78, 5) is 4.12. The lowest BCUT2D eigenvalue weighted by molar-refractivity contribution is -0.0899. The summed E-state index contributed by atoms with van der Waals surface area (Å²) in [5, 5.41) is 26.1. The van der Waals surface area contributed by atoms with E-state index in [1.54, 1.807) is 26.4 Å². The van der Waals surface area contributed by atoms with Crippen LogP contribution in [0.1, 0.15) is 39.7 Å². The van der Waals surface area contributed by atoms with Gasteiger partial charge >= 0.3 is 0 Å². The standard InChI is InChI=1S/C30H42N2O5/c1-16-13-17(2)30-22(14-24(35-6)20(5)36-28(16)19(4)33)7-8-23-25(30)27(34)18(3)26(29(23)37-30)32-15-21-9-11-31-12-10-21/h7-13,16,18-19,22-29,32-34H,5,14-15H2,1-4,6H3/b17-13+/t16-,18+,19-,22-,23-,24+,25+,26+,27-,28+,29-,30+/m1/s1. The molecule has 4 aliphatic rings. The van der Waals surface area contributed by atoms with Crippen molar-refractivity contribution in [2.75, 3.05) is 7.11 Å². The van der Waals surface area contributed by atoms with Crippen LogP contribution in [0.2, 0.25) is 0 Å². The Morgan fingerprint density at radius 1 is 1.27 bits per heavy atom. The number of hydrogen-bond acceptors (Lipinski definition) is 7. The van der Waals surface area contributed by atoms with Crippen LogP contribution in [0, 0.1) is 29.6 Å². The average molecular weight is 511 g/mol. The molecule has 202 valence electrons. The van der Waals surface area contributed by atoms with Gasteiger partial charge in [0.25, 0.3) is 0 Å². The molecular weight excluding hydrogens is 468 g/mol. The molecule has 7 nitrogen and oxygen atoms in total. The third-order valence-corrected chi connectivity index (χ3v) is 9.38. The largest absolute Gasteiger partial charge is 0.489 e. The van der Waals surface area contributed by atoms with Gasteiger partial charge in [0, 0.05) is 61.7 Å². The van der Waals surface area contributed by atoms with Crippen molar-refractivity contribution in [1.29, 1.82) is 0 Å². The highest BCUT2D eigenvalue weighted by Crippen LogP contribution is 2.60. The van der Waals surface area contributed by atoms with Gasteiger partial charge in [0.05, 0.1) is 18.3 Å². The Labute approximate surface area is 220 Å². The number of nitrogens with one attached hydrogen (secondary N) is 1. The zero-order chi connectivity index (χ0) is 26.5. The average Bonchev–Trinajstić information content (AvgIpc) is 3.07. The van der Waals surface area contributed by atoms with E-state index in [9.17, 15) is 10.2 Å². The van der Waals surface area contributed by atoms with Gasteiger partial charge < -0.3 is 29.7 Å². The van der Waals surface area contributed by atoms with E-state index < -0.39 is 23.9 Å². The molecule has 2 aliphatic carbocycles. The normalized spacial score (nSPS) is 45.4. The Morgan fingerprint density at radius 3 is 2.68 bits per heavy atom. The Balaban J connectivity index is 1.55. The summed E-state index contributed by atoms with van der Waals surface area (Å²) in [6.45, 7) is 12.9. The lowest BCUT2D eigenvalue weighted by atomic mass is 9.57. The van der Waals surface area contributed by atoms with Gasteiger partial charge in [0.2, 0.25) is 0 Å². The van der Waals surface area contributed by atoms with Gasteiger partial charge in [-0.15, -0.1) is 0 Å². The Bertz CT molecular complexity index is 1040. The van der Waals surface area contributed by atoms with Crippen LogP contribution in [0.5, 0.6) is 0 Å². The van der Waals surface area contributed by atoms with Gasteiger partial charge in [0.1, 0.15) is 23.6 Å². The van der Waals surface area contributed by atoms with Crippen LogP contribution < -0.4 is 5.32 Å². The van der Waals surface area contributed by atoms with Crippen LogP contribution in [0.3, 0.4) is 0 Å². The predicted octanol–water partition coefficient (Wildman–Crippen LogP) is 3.39. The molecule has 0 unspecified atom stereocenters. The van der Waals surface area contributed by atoms with Gasteiger partial charge in [-0.25, -0.2) is 0 Å². The third-order valence-electron chi connectivity index (χ3n) is 9.38. The first-order chi connectivity index (χ1) is 17.7. The van der Waals surface area contributed by atoms with Crippen molar-refractivity contribution >= 4 is 0 Å². The van der Waals surface area contributed by atoms with Crippen molar-refractivity contribution in [1.82, 2.24) is 10.3 Å². The lowest BCUT2D eigenvalue weighted by Crippen LogP contribution is -2.59. The number of methoxy groups -OCH3 is 1. The maximum atomic E-state index is 11.9. The third kappa shape index (κ3) is 4.39. The van der Waals surface area contributed by atoms with Gasteiger partial charge in [-0.1, -0.05) is 38.7 Å². The van der Waals surface area contributed by atoms with Crippen LogP contribution in [-0.2, 0) is 20.8 Å². The summed E-state index contributed by atoms with van der Waals surface area (Å²) in [6.07, 6.45) is 8.82. The monoisotopic (exact) mass is 510 g/mol. The highest BCUT2D eigenvalue weighted by molar-refractivity contribution is 5.36. The number of ether oxygens (including phenoxy) is 3. The summed E-state index contributed by atoms with van der Waals surface area (Å²) < 4.78 is 19.2. The first kappa shape index (κ1) is 26.6. The van der Waals surface area contributed by atoms with Crippen molar-refractivity contribution < 1.29 is 24.4 Å². The maximum Gasteiger partial charge on any atom is 0.130 e. The fraction of sp³-hybridized carbons (Fsp3) is 0.633. The zero-order valence-electron chi connectivity index (χ0n) is 22.6. The number of rotatable bonds is 5. The molecule has 0 radical (unpaired) electrons. The minimum atomic E-state index is -0.684. The zero-order valence-corrected chi connectivity index (χ0v) is 22.6. The van der Waals surface area contributed by atoms with Crippen molar-refractivity contribution in [2.45, 2.75) is 82.8 Å². The molecule has 0 aromatic carbocycles. The fourth-order valence-corrected chi connectivity index (χ4v) is 7.52. The topological polar surface area (TPSA) is 93.1 Å². The van der Waals surface area contributed by atoms with E-state index in [0.717, 1.165) is 11.1 Å². The molecule has 3 heterocycles. The molecule has 37 heavy (non-hydrogen) atoms. The van der Waals surface area contributed by atoms with E-state index in [1.807, 2.05) is 12.1 Å². The molecule has 1 saturated heterocycles. The smallest absolute Gasteiger partial charge is 0.130 e. The molecule has 0 amide bonds. The molecule has 3 N–H and O–H groups in total. The summed E-state index contributed by atoms with van der Waals surface area (Å²) in [5.74, 6) is 0.461. The lowest BCUT2D eigenvalue weighted by Gasteiger charge is -2.49. The number of aliphatic hydroxyl groups excluding tert-OH is 2. The summed E-state index contributed by atoms with van der Waals surface area (Å²) in [7, 11) is 1.67. The van der Waals surface area contributed by atoms with E-state index in [1.165, 1.54) is 0 Å². The predicted molar refractivity (Wildman–Crippen MR) is 141 cm³/mol. The second kappa shape index (κ2) is 10.3. The van der Waals surface area contributed by atoms with Crippen LogP contribution >= 0.6 is 0 Å². The molecule has 1 saturated carbocycles. The molecule has 1 aromatic heterocycles. The maximum absolute atomic E-state index is 11.9. The highest BCUT2D eigenvalue weighted by Gasteiger charge is 2.68. The van der Waals surface area contributed by atoms with Gasteiger partial charge in [-0.2, -0.15) is 0 Å². The number of nitrogens with zero attached hydrogens (tertiary/aromatic N) is 1. The molecule has 7 heteroatoms. The van der Waals surface area contributed by atoms with Crippen molar-refractivity contribution in [3.05, 3.63) is 66.2 Å². The molecular formula is C30H42N2O5. The minimum Gasteiger partial charge on any atom is -0.489 e. The molecule has 1 spiro atoms. The minimum absolute atomic E-state index is 0.00504. The first-order valence-electron chi connectivity index (χ1n) is 13.6. The molecule has 12 atom stereocenters. The molecule has 4 bridgehead atoms. The second-order valence-corrected chi connectivity index (χ2v) is 11.5. The fourth-order valence-electron chi connectivity index (χ4n) is 7.52. The molecule has 1 aromatic rings. The van der Waals surface area contributed by atoms with E-state index in [4.69, 9.17) is 14.2 Å². The van der Waals surface area contributed by atoms with E-state index in [0.29, 0.717) is 18.7 Å². The SMILES string of the molecule is C=C1O[C@H]([C@@H](C)O)[C@H](C)/C=C(\C)[C@]23O[C@@H]4[C@H](C=C[C@@H]2C[C@@H]1OC)[C@H]3[C@H](O)[C@@H](C)[C@@H]4NCc1ccncc1. The van der Waals surface area contributed by atoms with Gasteiger partial charge in [-0.05, 0) is 43.5 Å². The number of aliphatic hydroxyl groups is 2. The number of aromatic nitrogens is 1. The van der Waals surface area contributed by atoms with Crippen LogP contribution in [-0.4, -0.2) is 64.5 Å². The van der Waals surface area contributed by atoms with E-state index in [2.05, 4.69) is 55.9 Å². The summed E-state index contributed by atoms with van der Waals surface area (Å²) in [5.41, 5.74) is 1.57. The van der Waals surface area contributed by atoms with Crippen LogP contribution in [0.4, 0.5) is 0 Å². The van der Waals surface area contributed by atoms with Crippen LogP contribution in [0.15, 0.2) is 60.7 Å². The van der Waals surface area contributed by atoms with Crippen LogP contribution in [0.25, 0.3) is 0 Å². The molecule has 2 fully saturated rings. The van der Waals surface area contributed by atoms with Crippen molar-refractivity contribution in [3.63, 3.8) is 0 Å². The number of pyridine rings is 1. The molecule has 5 rings (SSSR count). The van der Waals surface area contributed by atoms with Crippen molar-refractivity contribution in [2.24, 2.45) is 29.6 Å². The number of hydrogen-bond donors (Lipinski definition) is 3. The van der Waals surface area contributed by atoms with Crippen molar-refractivity contribution in [3.8, 4) is 0 Å². The van der Waals surface area contributed by atoms with E-state index in [-0.39, 0.29) is 47.8 Å². The Morgan fingerprint density at radius 2 is 2.00 bits per heavy atom. The Kier molecular flexibility index (Phi) is 7.37. The Hall–Kier alpha value is -2.03. The molecule has 2 aliphatic heterocycles. The second-order valence-electron chi connectivity index (χ2n) is 11.5. The van der Waals surface area contributed by atoms with E-state index >= 15 is 0 Å². The van der Waals surface area contributed by atoms with Gasteiger partial charge in [-0.3, -0.25) is 4.98 Å². The first-order valence-corrected chi connectivity index (χ1v) is 13.6. The summed E-state index contributed by atoms with van der Waals surface area (Å²) in [6, 6.07) is 4.02. The van der Waals surface area contributed by atoms with Gasteiger partial charge in [0.15, 0.2) is 0 Å². The summed E-state index contributed by atoms with van der Waals surface area (Å²) >= 11 is 0.